The highest BCUT2D eigenvalue weighted by molar-refractivity contribution is 14.1. The van der Waals surface area contributed by atoms with Crippen LogP contribution in [0.15, 0.2) is 71.6 Å². The van der Waals surface area contributed by atoms with Crippen LogP contribution in [0.2, 0.25) is 5.02 Å². The van der Waals surface area contributed by atoms with Crippen LogP contribution in [0, 0.1) is 7.14 Å². The first-order valence-electron chi connectivity index (χ1n) is 9.12. The summed E-state index contributed by atoms with van der Waals surface area (Å²) in [6.07, 6.45) is 1.75. The topological polar surface area (TPSA) is 46.6 Å². The largest absolute Gasteiger partial charge is 0.487 e. The summed E-state index contributed by atoms with van der Waals surface area (Å²) in [7, 11) is 0. The van der Waals surface area contributed by atoms with E-state index in [1.54, 1.807) is 30.3 Å². The third kappa shape index (κ3) is 5.10. The second-order valence-corrected chi connectivity index (χ2v) is 10.3. The van der Waals surface area contributed by atoms with E-state index >= 15 is 0 Å². The van der Waals surface area contributed by atoms with Gasteiger partial charge in [0.2, 0.25) is 0 Å². The Morgan fingerprint density at radius 3 is 2.29 bits per heavy atom. The lowest BCUT2D eigenvalue weighted by atomic mass is 10.2. The van der Waals surface area contributed by atoms with Crippen molar-refractivity contribution in [2.75, 3.05) is 4.90 Å². The number of para-hydroxylation sites is 1. The fourth-order valence-electron chi connectivity index (χ4n) is 2.98. The van der Waals surface area contributed by atoms with Crippen molar-refractivity contribution < 1.29 is 14.3 Å². The first-order chi connectivity index (χ1) is 14.9. The Bertz CT molecular complexity index is 1180. The molecule has 3 aromatic rings. The number of amides is 2. The molecule has 0 radical (unpaired) electrons. The number of thioether (sulfide) groups is 1. The molecule has 1 aliphatic heterocycles. The van der Waals surface area contributed by atoms with Crippen LogP contribution in [-0.2, 0) is 11.4 Å². The number of benzene rings is 3. The van der Waals surface area contributed by atoms with Crippen molar-refractivity contribution in [3.63, 3.8) is 0 Å². The van der Waals surface area contributed by atoms with E-state index in [4.69, 9.17) is 16.3 Å². The smallest absolute Gasteiger partial charge is 0.298 e. The van der Waals surface area contributed by atoms with Crippen molar-refractivity contribution in [2.24, 2.45) is 0 Å². The van der Waals surface area contributed by atoms with Crippen LogP contribution >= 0.6 is 68.5 Å². The summed E-state index contributed by atoms with van der Waals surface area (Å²) < 4.78 is 7.83. The molecule has 0 spiro atoms. The van der Waals surface area contributed by atoms with Crippen LogP contribution in [-0.4, -0.2) is 11.1 Å². The fourth-order valence-corrected chi connectivity index (χ4v) is 6.14. The van der Waals surface area contributed by atoms with Crippen LogP contribution in [0.1, 0.15) is 11.1 Å². The van der Waals surface area contributed by atoms with Gasteiger partial charge in [0.15, 0.2) is 0 Å². The summed E-state index contributed by atoms with van der Waals surface area (Å²) in [6, 6.07) is 20.4. The molecule has 0 saturated carbocycles. The van der Waals surface area contributed by atoms with Gasteiger partial charge in [0.25, 0.3) is 11.1 Å². The summed E-state index contributed by atoms with van der Waals surface area (Å²) in [6.45, 7) is 0.362. The van der Waals surface area contributed by atoms with Gasteiger partial charge in [-0.15, -0.1) is 0 Å². The Kier molecular flexibility index (Phi) is 7.25. The van der Waals surface area contributed by atoms with Crippen molar-refractivity contribution in [2.45, 2.75) is 6.61 Å². The highest BCUT2D eigenvalue weighted by atomic mass is 127. The first kappa shape index (κ1) is 22.6. The lowest BCUT2D eigenvalue weighted by molar-refractivity contribution is -0.113. The monoisotopic (exact) mass is 673 g/mol. The van der Waals surface area contributed by atoms with Crippen molar-refractivity contribution in [1.82, 2.24) is 0 Å². The molecule has 0 aliphatic carbocycles. The summed E-state index contributed by atoms with van der Waals surface area (Å²) in [5, 5.41) is 0.366. The molecule has 2 amide bonds. The molecule has 8 heteroatoms. The summed E-state index contributed by atoms with van der Waals surface area (Å²) >= 11 is 11.6. The van der Waals surface area contributed by atoms with Crippen LogP contribution in [0.25, 0.3) is 6.08 Å². The average Bonchev–Trinajstić information content (AvgIpc) is 3.02. The summed E-state index contributed by atoms with van der Waals surface area (Å²) in [5.41, 5.74) is 2.31. The Hall–Kier alpha value is -1.56. The Balaban J connectivity index is 1.56. The minimum Gasteiger partial charge on any atom is -0.487 e. The molecule has 0 aromatic heterocycles. The van der Waals surface area contributed by atoms with E-state index in [1.165, 1.54) is 4.90 Å². The fraction of sp³-hybridized carbons (Fsp3) is 0.0435. The van der Waals surface area contributed by atoms with Crippen LogP contribution < -0.4 is 9.64 Å². The maximum absolute atomic E-state index is 12.8. The minimum absolute atomic E-state index is 0.300. The molecule has 156 valence electrons. The molecule has 0 atom stereocenters. The molecule has 1 aliphatic rings. The van der Waals surface area contributed by atoms with Gasteiger partial charge in [-0.2, -0.15) is 0 Å². The van der Waals surface area contributed by atoms with Gasteiger partial charge in [-0.25, -0.2) is 4.90 Å². The van der Waals surface area contributed by atoms with Crippen LogP contribution in [0.3, 0.4) is 0 Å². The molecular formula is C23H14ClI2NO3S. The van der Waals surface area contributed by atoms with Gasteiger partial charge in [-0.3, -0.25) is 9.59 Å². The van der Waals surface area contributed by atoms with Crippen LogP contribution in [0.4, 0.5) is 10.5 Å². The predicted molar refractivity (Wildman–Crippen MR) is 143 cm³/mol. The van der Waals surface area contributed by atoms with Gasteiger partial charge < -0.3 is 4.74 Å². The molecule has 1 saturated heterocycles. The van der Waals surface area contributed by atoms with Gasteiger partial charge in [-0.05, 0) is 98.9 Å². The van der Waals surface area contributed by atoms with Gasteiger partial charge in [0.05, 0.1) is 17.7 Å². The first-order valence-corrected chi connectivity index (χ1v) is 12.5. The molecule has 4 rings (SSSR count). The number of ether oxygens (including phenoxy) is 1. The van der Waals surface area contributed by atoms with Crippen molar-refractivity contribution >= 4 is 91.5 Å². The van der Waals surface area contributed by atoms with E-state index in [-0.39, 0.29) is 11.1 Å². The van der Waals surface area contributed by atoms with E-state index < -0.39 is 0 Å². The number of hydrogen-bond acceptors (Lipinski definition) is 4. The second kappa shape index (κ2) is 9.93. The quantitative estimate of drug-likeness (QED) is 0.210. The number of nitrogens with zero attached hydrogens (tertiary/aromatic N) is 1. The Labute approximate surface area is 216 Å². The van der Waals surface area contributed by atoms with E-state index in [2.05, 4.69) is 45.2 Å². The van der Waals surface area contributed by atoms with Gasteiger partial charge in [0, 0.05) is 10.6 Å². The summed E-state index contributed by atoms with van der Waals surface area (Å²) in [5.74, 6) is 0.445. The molecule has 0 bridgehead atoms. The zero-order chi connectivity index (χ0) is 22.0. The number of carbonyl (C=O) groups is 2. The molecule has 1 heterocycles. The maximum Gasteiger partial charge on any atom is 0.298 e. The van der Waals surface area contributed by atoms with Gasteiger partial charge >= 0.3 is 0 Å². The molecule has 31 heavy (non-hydrogen) atoms. The average molecular weight is 674 g/mol. The third-order valence-corrected chi connectivity index (χ3v) is 7.30. The van der Waals surface area contributed by atoms with Crippen molar-refractivity contribution in [3.05, 3.63) is 94.9 Å². The number of imide groups is 1. The molecule has 4 nitrogen and oxygen atoms in total. The Morgan fingerprint density at radius 1 is 0.968 bits per heavy atom. The second-order valence-electron chi connectivity index (χ2n) is 6.55. The van der Waals surface area contributed by atoms with Crippen molar-refractivity contribution in [1.29, 1.82) is 0 Å². The zero-order valence-electron chi connectivity index (χ0n) is 15.8. The minimum atomic E-state index is -0.315. The standard InChI is InChI=1S/C23H14ClI2NO3S/c24-17-9-5-4-6-15(17)13-30-21-18(25)10-14(11-19(21)26)12-20-22(28)27(23(29)31-20)16-7-2-1-3-8-16/h1-12H,13H2/b20-12-. The number of hydrogen-bond donors (Lipinski definition) is 0. The van der Waals surface area contributed by atoms with Crippen molar-refractivity contribution in [3.8, 4) is 5.75 Å². The SMILES string of the molecule is O=C1S/C(=C\c2cc(I)c(OCc3ccccc3Cl)c(I)c2)C(=O)N1c1ccccc1. The highest BCUT2D eigenvalue weighted by Crippen LogP contribution is 2.37. The predicted octanol–water partition coefficient (Wildman–Crippen LogP) is 7.37. The molecule has 3 aromatic carbocycles. The molecule has 1 fully saturated rings. The van der Waals surface area contributed by atoms with E-state index in [1.807, 2.05) is 42.5 Å². The summed E-state index contributed by atoms with van der Waals surface area (Å²) in [4.78, 5) is 26.8. The number of halogens is 3. The number of anilines is 1. The van der Waals surface area contributed by atoms with Crippen LogP contribution in [0.5, 0.6) is 5.75 Å². The highest BCUT2D eigenvalue weighted by Gasteiger charge is 2.36. The lowest BCUT2D eigenvalue weighted by Gasteiger charge is -2.13. The maximum atomic E-state index is 12.8. The zero-order valence-corrected chi connectivity index (χ0v) is 21.7. The van der Waals surface area contributed by atoms with E-state index in [0.717, 1.165) is 35.8 Å². The third-order valence-electron chi connectivity index (χ3n) is 4.46. The lowest BCUT2D eigenvalue weighted by Crippen LogP contribution is -2.27. The molecule has 0 N–H and O–H groups in total. The van der Waals surface area contributed by atoms with E-state index in [0.29, 0.717) is 22.2 Å². The van der Waals surface area contributed by atoms with E-state index in [9.17, 15) is 9.59 Å². The molecular weight excluding hydrogens is 660 g/mol. The molecule has 0 unspecified atom stereocenters. The Morgan fingerprint density at radius 2 is 1.61 bits per heavy atom. The van der Waals surface area contributed by atoms with Gasteiger partial charge in [-0.1, -0.05) is 48.0 Å². The normalized spacial score (nSPS) is 15.1. The number of carbonyl (C=O) groups excluding carboxylic acids is 2. The number of rotatable bonds is 5. The van der Waals surface area contributed by atoms with Gasteiger partial charge in [0.1, 0.15) is 12.4 Å².